The highest BCUT2D eigenvalue weighted by atomic mass is 79.9. The highest BCUT2D eigenvalue weighted by Gasteiger charge is 2.25. The summed E-state index contributed by atoms with van der Waals surface area (Å²) in [6.07, 6.45) is 0. The molecule has 1 saturated heterocycles. The molecule has 0 unspecified atom stereocenters. The number of hydrogen-bond acceptors (Lipinski definition) is 5. The largest absolute Gasteiger partial charge is 0.493 e. The molecule has 28 heavy (non-hydrogen) atoms. The van der Waals surface area contributed by atoms with Gasteiger partial charge in [0.15, 0.2) is 11.3 Å². The van der Waals surface area contributed by atoms with Gasteiger partial charge in [-0.05, 0) is 30.3 Å². The Bertz CT molecular complexity index is 1070. The SMILES string of the molecule is COc1cc(Br)cc2cc(C(=O)N3CCN(c4ccccc4)CC3)c(=O)oc12. The van der Waals surface area contributed by atoms with E-state index in [9.17, 15) is 9.59 Å². The number of amides is 1. The quantitative estimate of drug-likeness (QED) is 0.580. The average molecular weight is 443 g/mol. The molecule has 0 N–H and O–H groups in total. The minimum Gasteiger partial charge on any atom is -0.493 e. The minimum atomic E-state index is -0.649. The lowest BCUT2D eigenvalue weighted by Crippen LogP contribution is -2.49. The van der Waals surface area contributed by atoms with Gasteiger partial charge in [0, 0.05) is 41.7 Å². The summed E-state index contributed by atoms with van der Waals surface area (Å²) in [4.78, 5) is 29.3. The number of fused-ring (bicyclic) bond motifs is 1. The molecule has 7 heteroatoms. The van der Waals surface area contributed by atoms with E-state index < -0.39 is 5.63 Å². The van der Waals surface area contributed by atoms with E-state index in [0.717, 1.165) is 10.2 Å². The lowest BCUT2D eigenvalue weighted by atomic mass is 10.1. The summed E-state index contributed by atoms with van der Waals surface area (Å²) in [6.45, 7) is 2.53. The normalized spacial score (nSPS) is 14.4. The first-order valence-corrected chi connectivity index (χ1v) is 9.77. The van der Waals surface area contributed by atoms with Gasteiger partial charge in [0.1, 0.15) is 5.56 Å². The van der Waals surface area contributed by atoms with Crippen molar-refractivity contribution >= 4 is 38.5 Å². The number of rotatable bonds is 3. The molecule has 0 spiro atoms. The van der Waals surface area contributed by atoms with Crippen molar-refractivity contribution in [1.29, 1.82) is 0 Å². The fraction of sp³-hybridized carbons (Fsp3) is 0.238. The Hall–Kier alpha value is -2.80. The van der Waals surface area contributed by atoms with Crippen LogP contribution in [0.3, 0.4) is 0 Å². The zero-order chi connectivity index (χ0) is 19.7. The van der Waals surface area contributed by atoms with Gasteiger partial charge in [0.05, 0.1) is 7.11 Å². The molecule has 1 aliphatic heterocycles. The van der Waals surface area contributed by atoms with Gasteiger partial charge in [-0.2, -0.15) is 0 Å². The number of carbonyl (C=O) groups is 1. The van der Waals surface area contributed by atoms with E-state index >= 15 is 0 Å². The summed E-state index contributed by atoms with van der Waals surface area (Å²) in [5, 5.41) is 0.636. The van der Waals surface area contributed by atoms with Crippen molar-refractivity contribution in [3.63, 3.8) is 0 Å². The van der Waals surface area contributed by atoms with Crippen LogP contribution in [-0.4, -0.2) is 44.1 Å². The lowest BCUT2D eigenvalue weighted by Gasteiger charge is -2.36. The van der Waals surface area contributed by atoms with Crippen molar-refractivity contribution in [1.82, 2.24) is 4.90 Å². The molecule has 3 aromatic rings. The fourth-order valence-electron chi connectivity index (χ4n) is 3.44. The summed E-state index contributed by atoms with van der Waals surface area (Å²) in [6, 6.07) is 15.2. The number of para-hydroxylation sites is 1. The average Bonchev–Trinajstić information content (AvgIpc) is 2.73. The molecule has 0 radical (unpaired) electrons. The van der Waals surface area contributed by atoms with Crippen molar-refractivity contribution in [3.05, 3.63) is 69.0 Å². The Kier molecular flexibility index (Phi) is 5.09. The molecule has 2 aromatic carbocycles. The summed E-state index contributed by atoms with van der Waals surface area (Å²) in [5.74, 6) is 0.138. The van der Waals surface area contributed by atoms with Gasteiger partial charge in [-0.3, -0.25) is 4.79 Å². The first-order valence-electron chi connectivity index (χ1n) is 8.97. The van der Waals surface area contributed by atoms with Crippen molar-refractivity contribution in [2.75, 3.05) is 38.2 Å². The Morgan fingerprint density at radius 2 is 1.79 bits per heavy atom. The number of methoxy groups -OCH3 is 1. The van der Waals surface area contributed by atoms with Crippen LogP contribution in [0.1, 0.15) is 10.4 Å². The number of benzene rings is 2. The Balaban J connectivity index is 1.58. The molecule has 144 valence electrons. The number of halogens is 1. The monoisotopic (exact) mass is 442 g/mol. The molecule has 1 aliphatic rings. The number of nitrogens with zero attached hydrogens (tertiary/aromatic N) is 2. The van der Waals surface area contributed by atoms with Crippen LogP contribution >= 0.6 is 15.9 Å². The fourth-order valence-corrected chi connectivity index (χ4v) is 3.90. The third-order valence-corrected chi connectivity index (χ3v) is 5.36. The Morgan fingerprint density at radius 3 is 2.46 bits per heavy atom. The maximum Gasteiger partial charge on any atom is 0.349 e. The standard InChI is InChI=1S/C21H19BrN2O4/c1-27-18-13-15(22)11-14-12-17(21(26)28-19(14)18)20(25)24-9-7-23(8-10-24)16-5-3-2-4-6-16/h2-6,11-13H,7-10H2,1H3. The molecule has 4 rings (SSSR count). The Morgan fingerprint density at radius 1 is 1.07 bits per heavy atom. The van der Waals surface area contributed by atoms with E-state index in [1.54, 1.807) is 23.1 Å². The zero-order valence-corrected chi connectivity index (χ0v) is 16.9. The van der Waals surface area contributed by atoms with Crippen molar-refractivity contribution in [2.24, 2.45) is 0 Å². The molecule has 0 bridgehead atoms. The molecule has 0 saturated carbocycles. The van der Waals surface area contributed by atoms with Crippen LogP contribution in [0.4, 0.5) is 5.69 Å². The molecule has 1 aromatic heterocycles. The number of ether oxygens (including phenoxy) is 1. The molecule has 6 nitrogen and oxygen atoms in total. The second-order valence-corrected chi connectivity index (χ2v) is 7.50. The first-order chi connectivity index (χ1) is 13.6. The minimum absolute atomic E-state index is 0.0424. The molecule has 0 atom stereocenters. The highest BCUT2D eigenvalue weighted by Crippen LogP contribution is 2.29. The smallest absolute Gasteiger partial charge is 0.349 e. The van der Waals surface area contributed by atoms with E-state index in [1.165, 1.54) is 7.11 Å². The second-order valence-electron chi connectivity index (χ2n) is 6.59. The number of carbonyl (C=O) groups excluding carboxylic acids is 1. The van der Waals surface area contributed by atoms with Gasteiger partial charge >= 0.3 is 5.63 Å². The number of anilines is 1. The zero-order valence-electron chi connectivity index (χ0n) is 15.4. The third-order valence-electron chi connectivity index (χ3n) is 4.90. The van der Waals surface area contributed by atoms with Gasteiger partial charge in [-0.15, -0.1) is 0 Å². The van der Waals surface area contributed by atoms with Crippen molar-refractivity contribution < 1.29 is 13.9 Å². The summed E-state index contributed by atoms with van der Waals surface area (Å²) < 4.78 is 11.5. The first kappa shape index (κ1) is 18.6. The van der Waals surface area contributed by atoms with E-state index in [0.29, 0.717) is 42.9 Å². The second kappa shape index (κ2) is 7.67. The molecule has 0 aliphatic carbocycles. The van der Waals surface area contributed by atoms with E-state index in [4.69, 9.17) is 9.15 Å². The van der Waals surface area contributed by atoms with Gasteiger partial charge in [0.2, 0.25) is 0 Å². The third kappa shape index (κ3) is 3.49. The summed E-state index contributed by atoms with van der Waals surface area (Å²) in [7, 11) is 1.51. The molecular formula is C21H19BrN2O4. The van der Waals surface area contributed by atoms with Crippen molar-refractivity contribution in [3.8, 4) is 5.75 Å². The van der Waals surface area contributed by atoms with E-state index in [-0.39, 0.29) is 11.5 Å². The van der Waals surface area contributed by atoms with Crippen molar-refractivity contribution in [2.45, 2.75) is 0 Å². The molecule has 1 fully saturated rings. The van der Waals surface area contributed by atoms with Gasteiger partial charge in [0.25, 0.3) is 5.91 Å². The molecular weight excluding hydrogens is 424 g/mol. The van der Waals surface area contributed by atoms with Crippen LogP contribution in [0, 0.1) is 0 Å². The topological polar surface area (TPSA) is 63.0 Å². The lowest BCUT2D eigenvalue weighted by molar-refractivity contribution is 0.0742. The van der Waals surface area contributed by atoms with Gasteiger partial charge < -0.3 is 19.0 Å². The van der Waals surface area contributed by atoms with Crippen LogP contribution in [0.15, 0.2) is 62.2 Å². The van der Waals surface area contributed by atoms with E-state index in [2.05, 4.69) is 33.0 Å². The van der Waals surface area contributed by atoms with E-state index in [1.807, 2.05) is 18.2 Å². The maximum absolute atomic E-state index is 13.0. The summed E-state index contributed by atoms with van der Waals surface area (Å²) in [5.41, 5.74) is 0.863. The van der Waals surface area contributed by atoms with Gasteiger partial charge in [-0.25, -0.2) is 4.79 Å². The predicted octanol–water partition coefficient (Wildman–Crippen LogP) is 3.53. The van der Waals surface area contributed by atoms with Crippen LogP contribution in [0.5, 0.6) is 5.75 Å². The Labute approximate surface area is 170 Å². The van der Waals surface area contributed by atoms with Crippen LogP contribution in [0.25, 0.3) is 11.0 Å². The van der Waals surface area contributed by atoms with Crippen LogP contribution in [0.2, 0.25) is 0 Å². The highest BCUT2D eigenvalue weighted by molar-refractivity contribution is 9.10. The molecule has 2 heterocycles. The van der Waals surface area contributed by atoms with Crippen LogP contribution in [-0.2, 0) is 0 Å². The van der Waals surface area contributed by atoms with Crippen LogP contribution < -0.4 is 15.3 Å². The predicted molar refractivity (Wildman–Crippen MR) is 111 cm³/mol. The number of hydrogen-bond donors (Lipinski definition) is 0. The molecule has 1 amide bonds. The number of piperazine rings is 1. The maximum atomic E-state index is 13.0. The van der Waals surface area contributed by atoms with Gasteiger partial charge in [-0.1, -0.05) is 34.1 Å². The summed E-state index contributed by atoms with van der Waals surface area (Å²) >= 11 is 3.41.